The maximum atomic E-state index is 3.31. The highest BCUT2D eigenvalue weighted by Gasteiger charge is 2.15. The Balaban J connectivity index is 2.14. The Morgan fingerprint density at radius 3 is 2.44 bits per heavy atom. The molecular formula is C7H10N2. The summed E-state index contributed by atoms with van der Waals surface area (Å²) in [7, 11) is 0. The lowest BCUT2D eigenvalue weighted by molar-refractivity contribution is 0.281. The van der Waals surface area contributed by atoms with E-state index >= 15 is 0 Å². The highest BCUT2D eigenvalue weighted by atomic mass is 15.2. The van der Waals surface area contributed by atoms with Gasteiger partial charge in [0.2, 0.25) is 0 Å². The number of rotatable bonds is 1. The van der Waals surface area contributed by atoms with Gasteiger partial charge in [-0.15, -0.1) is 0 Å². The highest BCUT2D eigenvalue weighted by Crippen LogP contribution is 2.14. The minimum absolute atomic E-state index is 0.583. The molecule has 1 fully saturated rings. The van der Waals surface area contributed by atoms with E-state index in [1.165, 1.54) is 13.0 Å². The summed E-state index contributed by atoms with van der Waals surface area (Å²) in [6.07, 6.45) is 6.04. The Kier molecular flexibility index (Phi) is 1.06. The van der Waals surface area contributed by atoms with E-state index in [0.29, 0.717) is 6.17 Å². The molecule has 1 aliphatic rings. The zero-order chi connectivity index (χ0) is 6.10. The van der Waals surface area contributed by atoms with Crippen molar-refractivity contribution in [2.24, 2.45) is 0 Å². The van der Waals surface area contributed by atoms with Gasteiger partial charge in [-0.2, -0.15) is 0 Å². The summed E-state index contributed by atoms with van der Waals surface area (Å²) in [5, 5.41) is 3.31. The van der Waals surface area contributed by atoms with Crippen LogP contribution in [-0.4, -0.2) is 11.1 Å². The van der Waals surface area contributed by atoms with Crippen molar-refractivity contribution in [3.8, 4) is 0 Å². The molecule has 0 bridgehead atoms. The molecule has 0 aromatic carbocycles. The van der Waals surface area contributed by atoms with Crippen molar-refractivity contribution in [2.45, 2.75) is 12.6 Å². The second kappa shape index (κ2) is 1.88. The molecule has 0 amide bonds. The maximum absolute atomic E-state index is 3.31. The fourth-order valence-electron chi connectivity index (χ4n) is 1.08. The van der Waals surface area contributed by atoms with E-state index in [0.717, 1.165) is 0 Å². The van der Waals surface area contributed by atoms with Crippen LogP contribution in [0.1, 0.15) is 12.6 Å². The van der Waals surface area contributed by atoms with E-state index in [1.54, 1.807) is 0 Å². The van der Waals surface area contributed by atoms with Gasteiger partial charge in [0.25, 0.3) is 0 Å². The lowest BCUT2D eigenvalue weighted by atomic mass is 10.2. The van der Waals surface area contributed by atoms with Crippen LogP contribution >= 0.6 is 0 Å². The molecule has 9 heavy (non-hydrogen) atoms. The van der Waals surface area contributed by atoms with E-state index < -0.39 is 0 Å². The molecule has 1 aliphatic heterocycles. The van der Waals surface area contributed by atoms with Crippen molar-refractivity contribution in [1.82, 2.24) is 9.88 Å². The molecule has 2 heterocycles. The molecule has 1 N–H and O–H groups in total. The number of aromatic nitrogens is 1. The molecule has 1 atom stereocenters. The average Bonchev–Trinajstić information content (AvgIpc) is 2.11. The molecule has 48 valence electrons. The van der Waals surface area contributed by atoms with Crippen LogP contribution in [-0.2, 0) is 0 Å². The molecule has 1 aromatic heterocycles. The molecular weight excluding hydrogens is 112 g/mol. The van der Waals surface area contributed by atoms with Gasteiger partial charge in [0, 0.05) is 18.9 Å². The van der Waals surface area contributed by atoms with Crippen LogP contribution in [0.15, 0.2) is 24.5 Å². The average molecular weight is 122 g/mol. The fraction of sp³-hybridized carbons (Fsp3) is 0.429. The van der Waals surface area contributed by atoms with Crippen LogP contribution in [0.2, 0.25) is 0 Å². The van der Waals surface area contributed by atoms with Crippen molar-refractivity contribution in [3.63, 3.8) is 0 Å². The van der Waals surface area contributed by atoms with Gasteiger partial charge in [-0.3, -0.25) is 5.32 Å². The zero-order valence-electron chi connectivity index (χ0n) is 5.25. The van der Waals surface area contributed by atoms with Crippen LogP contribution in [0.5, 0.6) is 0 Å². The first kappa shape index (κ1) is 5.06. The third-order valence-electron chi connectivity index (χ3n) is 1.79. The third kappa shape index (κ3) is 0.754. The monoisotopic (exact) mass is 122 g/mol. The predicted octanol–water partition coefficient (Wildman–Crippen LogP) is 0.980. The Morgan fingerprint density at radius 2 is 2.00 bits per heavy atom. The van der Waals surface area contributed by atoms with E-state index in [9.17, 15) is 0 Å². The summed E-state index contributed by atoms with van der Waals surface area (Å²) in [6, 6.07) is 4.11. The van der Waals surface area contributed by atoms with Crippen molar-refractivity contribution in [1.29, 1.82) is 0 Å². The molecule has 1 aromatic rings. The minimum atomic E-state index is 0.583. The van der Waals surface area contributed by atoms with Crippen molar-refractivity contribution >= 4 is 0 Å². The molecule has 2 rings (SSSR count). The number of hydrogen-bond donors (Lipinski definition) is 1. The van der Waals surface area contributed by atoms with Crippen molar-refractivity contribution < 1.29 is 0 Å². The van der Waals surface area contributed by atoms with Crippen LogP contribution in [0, 0.1) is 0 Å². The largest absolute Gasteiger partial charge is 0.338 e. The van der Waals surface area contributed by atoms with Gasteiger partial charge in [-0.05, 0) is 18.6 Å². The van der Waals surface area contributed by atoms with Gasteiger partial charge in [0.1, 0.15) is 0 Å². The number of nitrogens with one attached hydrogen (secondary N) is 1. The van der Waals surface area contributed by atoms with Gasteiger partial charge in [-0.1, -0.05) is 0 Å². The first-order chi connectivity index (χ1) is 4.47. The summed E-state index contributed by atoms with van der Waals surface area (Å²) < 4.78 is 2.20. The summed E-state index contributed by atoms with van der Waals surface area (Å²) in [4.78, 5) is 0. The Bertz CT molecular complexity index is 175. The standard InChI is InChI=1S/C7H10N2/c1-2-6-9(5-1)7-3-4-8-7/h1-2,5-8H,3-4H2. The van der Waals surface area contributed by atoms with Crippen molar-refractivity contribution in [2.75, 3.05) is 6.54 Å². The second-order valence-electron chi connectivity index (χ2n) is 2.39. The minimum Gasteiger partial charge on any atom is -0.338 e. The topological polar surface area (TPSA) is 17.0 Å². The highest BCUT2D eigenvalue weighted by molar-refractivity contribution is 4.94. The maximum Gasteiger partial charge on any atom is 0.0845 e. The smallest absolute Gasteiger partial charge is 0.0845 e. The first-order valence-corrected chi connectivity index (χ1v) is 3.33. The zero-order valence-corrected chi connectivity index (χ0v) is 5.25. The van der Waals surface area contributed by atoms with Crippen molar-refractivity contribution in [3.05, 3.63) is 24.5 Å². The van der Waals surface area contributed by atoms with E-state index in [4.69, 9.17) is 0 Å². The number of hydrogen-bond acceptors (Lipinski definition) is 1. The molecule has 2 heteroatoms. The van der Waals surface area contributed by atoms with Crippen LogP contribution in [0.3, 0.4) is 0 Å². The second-order valence-corrected chi connectivity index (χ2v) is 2.39. The summed E-state index contributed by atoms with van der Waals surface area (Å²) in [5.41, 5.74) is 0. The van der Waals surface area contributed by atoms with Gasteiger partial charge >= 0.3 is 0 Å². The quantitative estimate of drug-likeness (QED) is 0.587. The van der Waals surface area contributed by atoms with E-state index in [-0.39, 0.29) is 0 Å². The molecule has 1 saturated heterocycles. The van der Waals surface area contributed by atoms with E-state index in [1.807, 2.05) is 0 Å². The lowest BCUT2D eigenvalue weighted by Gasteiger charge is -2.28. The van der Waals surface area contributed by atoms with Crippen LogP contribution in [0.4, 0.5) is 0 Å². The van der Waals surface area contributed by atoms with Crippen LogP contribution < -0.4 is 5.32 Å². The summed E-state index contributed by atoms with van der Waals surface area (Å²) in [6.45, 7) is 1.17. The molecule has 0 saturated carbocycles. The summed E-state index contributed by atoms with van der Waals surface area (Å²) >= 11 is 0. The third-order valence-corrected chi connectivity index (χ3v) is 1.79. The lowest BCUT2D eigenvalue weighted by Crippen LogP contribution is -2.38. The Morgan fingerprint density at radius 1 is 1.33 bits per heavy atom. The molecule has 1 unspecified atom stereocenters. The van der Waals surface area contributed by atoms with Gasteiger partial charge < -0.3 is 4.57 Å². The van der Waals surface area contributed by atoms with Gasteiger partial charge in [-0.25, -0.2) is 0 Å². The SMILES string of the molecule is c1ccn(C2CCN2)c1. The molecule has 2 nitrogen and oxygen atoms in total. The normalized spacial score (nSPS) is 25.6. The summed E-state index contributed by atoms with van der Waals surface area (Å²) in [5.74, 6) is 0. The van der Waals surface area contributed by atoms with Gasteiger partial charge in [0.05, 0.1) is 6.17 Å². The molecule has 0 spiro atoms. The Labute approximate surface area is 54.5 Å². The van der Waals surface area contributed by atoms with E-state index in [2.05, 4.69) is 34.4 Å². The predicted molar refractivity (Wildman–Crippen MR) is 36.1 cm³/mol. The first-order valence-electron chi connectivity index (χ1n) is 3.33. The molecule has 0 aliphatic carbocycles. The fourth-order valence-corrected chi connectivity index (χ4v) is 1.08. The Hall–Kier alpha value is -0.760. The van der Waals surface area contributed by atoms with Crippen LogP contribution in [0.25, 0.3) is 0 Å². The van der Waals surface area contributed by atoms with Gasteiger partial charge in [0.15, 0.2) is 0 Å². The number of nitrogens with zero attached hydrogens (tertiary/aromatic N) is 1. The molecule has 0 radical (unpaired) electrons.